The Bertz CT molecular complexity index is 963. The molecular formula is C25H34ClNO4. The number of aliphatic hydroxyl groups is 1. The maximum atomic E-state index is 11.7. The molecule has 6 aliphatic rings. The van der Waals surface area contributed by atoms with Crippen LogP contribution >= 0.6 is 12.4 Å². The smallest absolute Gasteiger partial charge is 0.165 e. The summed E-state index contributed by atoms with van der Waals surface area (Å²) in [5, 5.41) is 22.4. The zero-order valence-electron chi connectivity index (χ0n) is 18.9. The summed E-state index contributed by atoms with van der Waals surface area (Å²) in [5.74, 6) is 0.823. The fourth-order valence-electron chi connectivity index (χ4n) is 8.44. The monoisotopic (exact) mass is 447 g/mol. The second-order valence-corrected chi connectivity index (χ2v) is 10.7. The van der Waals surface area contributed by atoms with Crippen LogP contribution in [0.2, 0.25) is 0 Å². The number of phenolic OH excluding ortho intramolecular Hbond substituents is 1. The molecule has 1 aromatic rings. The zero-order valence-corrected chi connectivity index (χ0v) is 19.7. The molecule has 6 heteroatoms. The van der Waals surface area contributed by atoms with E-state index < -0.39 is 11.2 Å². The second kappa shape index (κ2) is 6.40. The Morgan fingerprint density at radius 2 is 2.10 bits per heavy atom. The number of rotatable bonds is 4. The molecule has 2 heterocycles. The summed E-state index contributed by atoms with van der Waals surface area (Å²) in [6.45, 7) is 5.11. The number of aromatic hydroxyl groups is 1. The van der Waals surface area contributed by atoms with Gasteiger partial charge in [0.1, 0.15) is 11.7 Å². The van der Waals surface area contributed by atoms with Crippen LogP contribution < -0.4 is 4.74 Å². The Labute approximate surface area is 190 Å². The number of hydrogen-bond donors (Lipinski definition) is 2. The molecule has 0 amide bonds. The van der Waals surface area contributed by atoms with Gasteiger partial charge in [-0.25, -0.2) is 0 Å². The van der Waals surface area contributed by atoms with Crippen molar-refractivity contribution in [3.05, 3.63) is 35.4 Å². The van der Waals surface area contributed by atoms with Crippen molar-refractivity contribution in [3.63, 3.8) is 0 Å². The number of ether oxygens (including phenoxy) is 2. The molecule has 4 bridgehead atoms. The third-order valence-electron chi connectivity index (χ3n) is 9.58. The molecule has 2 N–H and O–H groups in total. The van der Waals surface area contributed by atoms with E-state index in [2.05, 4.69) is 37.1 Å². The summed E-state index contributed by atoms with van der Waals surface area (Å²) in [5.41, 5.74) is 0.625. The number of phenols is 1. The van der Waals surface area contributed by atoms with Crippen LogP contribution in [0.25, 0.3) is 0 Å². The fourth-order valence-corrected chi connectivity index (χ4v) is 8.44. The Morgan fingerprint density at radius 1 is 1.32 bits per heavy atom. The molecule has 170 valence electrons. The van der Waals surface area contributed by atoms with Gasteiger partial charge in [0.05, 0.1) is 11.0 Å². The van der Waals surface area contributed by atoms with E-state index in [4.69, 9.17) is 9.47 Å². The van der Waals surface area contributed by atoms with Gasteiger partial charge in [-0.05, 0) is 57.8 Å². The van der Waals surface area contributed by atoms with Crippen LogP contribution in [-0.2, 0) is 16.6 Å². The SMILES string of the molecule is CCC[C@](C)(O)C1C[C@@]23C=C[C@]1(OC)[C@@H]1Oc4c(O)ccc5c4[C@@]12CCN(C)[C@@H]3C5.Cl. The fraction of sp³-hybridized carbons (Fsp3) is 0.680. The predicted octanol–water partition coefficient (Wildman–Crippen LogP) is 3.59. The Morgan fingerprint density at radius 3 is 2.81 bits per heavy atom. The number of piperidine rings is 1. The highest BCUT2D eigenvalue weighted by Crippen LogP contribution is 2.75. The summed E-state index contributed by atoms with van der Waals surface area (Å²) in [7, 11) is 4.00. The highest BCUT2D eigenvalue weighted by atomic mass is 35.5. The van der Waals surface area contributed by atoms with E-state index >= 15 is 0 Å². The molecule has 2 spiro atoms. The van der Waals surface area contributed by atoms with Crippen LogP contribution in [-0.4, -0.2) is 59.2 Å². The van der Waals surface area contributed by atoms with E-state index in [9.17, 15) is 10.2 Å². The first kappa shape index (κ1) is 21.6. The van der Waals surface area contributed by atoms with Crippen molar-refractivity contribution >= 4 is 12.4 Å². The first-order valence-corrected chi connectivity index (χ1v) is 11.5. The molecule has 31 heavy (non-hydrogen) atoms. The van der Waals surface area contributed by atoms with Gasteiger partial charge in [-0.1, -0.05) is 31.6 Å². The van der Waals surface area contributed by atoms with Gasteiger partial charge in [0.15, 0.2) is 11.5 Å². The lowest BCUT2D eigenvalue weighted by molar-refractivity contribution is -0.247. The number of benzene rings is 1. The molecule has 1 aromatic carbocycles. The van der Waals surface area contributed by atoms with Crippen LogP contribution in [0.4, 0.5) is 0 Å². The molecule has 7 rings (SSSR count). The third-order valence-corrected chi connectivity index (χ3v) is 9.58. The topological polar surface area (TPSA) is 62.2 Å². The minimum Gasteiger partial charge on any atom is -0.504 e. The van der Waals surface area contributed by atoms with E-state index in [1.165, 1.54) is 11.1 Å². The number of hydrogen-bond acceptors (Lipinski definition) is 5. The van der Waals surface area contributed by atoms with Crippen molar-refractivity contribution in [2.24, 2.45) is 11.3 Å². The Kier molecular flexibility index (Phi) is 4.46. The van der Waals surface area contributed by atoms with Gasteiger partial charge < -0.3 is 24.6 Å². The lowest BCUT2D eigenvalue weighted by atomic mass is 9.36. The molecule has 1 saturated carbocycles. The first-order chi connectivity index (χ1) is 14.3. The lowest BCUT2D eigenvalue weighted by Gasteiger charge is -2.72. The molecule has 2 aliphatic heterocycles. The third kappa shape index (κ3) is 2.15. The van der Waals surface area contributed by atoms with Gasteiger partial charge in [-0.15, -0.1) is 12.4 Å². The molecule has 2 fully saturated rings. The van der Waals surface area contributed by atoms with Crippen molar-refractivity contribution < 1.29 is 19.7 Å². The summed E-state index contributed by atoms with van der Waals surface area (Å²) < 4.78 is 13.1. The quantitative estimate of drug-likeness (QED) is 0.691. The van der Waals surface area contributed by atoms with Crippen LogP contribution in [0, 0.1) is 11.3 Å². The van der Waals surface area contributed by atoms with E-state index in [1.54, 1.807) is 13.2 Å². The van der Waals surface area contributed by atoms with Gasteiger partial charge in [0.25, 0.3) is 0 Å². The van der Waals surface area contributed by atoms with Crippen LogP contribution in [0.1, 0.15) is 50.7 Å². The van der Waals surface area contributed by atoms with Gasteiger partial charge >= 0.3 is 0 Å². The number of likely N-dealkylation sites (N-methyl/N-ethyl adjacent to an activating group) is 1. The largest absolute Gasteiger partial charge is 0.504 e. The van der Waals surface area contributed by atoms with Gasteiger partial charge in [0.2, 0.25) is 0 Å². The second-order valence-electron chi connectivity index (χ2n) is 10.7. The maximum absolute atomic E-state index is 11.7. The summed E-state index contributed by atoms with van der Waals surface area (Å²) >= 11 is 0. The molecule has 1 saturated heterocycles. The normalized spacial score (nSPS) is 43.1. The standard InChI is InChI=1S/C25H33NO4.ClH/c1-5-8-22(2,28)17-14-23-9-10-25(17,29-4)21-24(23)11-12-26(3)18(23)13-15-6-7-16(27)20(30-21)19(15)24;/h6-7,9-10,17-18,21,27-28H,5,8,11-14H2,1-4H3;1H/t17?,18-,21-,22+,23-,24+,25-;/m1./s1. The van der Waals surface area contributed by atoms with Gasteiger partial charge in [-0.2, -0.15) is 0 Å². The minimum atomic E-state index is -0.850. The zero-order chi connectivity index (χ0) is 21.1. The molecule has 7 atom stereocenters. The van der Waals surface area contributed by atoms with Crippen LogP contribution in [0.5, 0.6) is 11.5 Å². The molecule has 5 nitrogen and oxygen atoms in total. The highest BCUT2D eigenvalue weighted by Gasteiger charge is 2.80. The van der Waals surface area contributed by atoms with Crippen molar-refractivity contribution in [2.75, 3.05) is 20.7 Å². The number of methoxy groups -OCH3 is 1. The molecule has 4 aliphatic carbocycles. The Balaban J connectivity index is 0.00000204. The summed E-state index contributed by atoms with van der Waals surface area (Å²) in [6.07, 6.45) is 8.86. The van der Waals surface area contributed by atoms with E-state index in [1.807, 2.05) is 6.92 Å². The average Bonchev–Trinajstić information content (AvgIpc) is 3.09. The maximum Gasteiger partial charge on any atom is 0.165 e. The number of halogens is 1. The van der Waals surface area contributed by atoms with Crippen molar-refractivity contribution in [1.29, 1.82) is 0 Å². The molecular weight excluding hydrogens is 414 g/mol. The predicted molar refractivity (Wildman–Crippen MR) is 121 cm³/mol. The lowest BCUT2D eigenvalue weighted by Crippen LogP contribution is -2.80. The van der Waals surface area contributed by atoms with E-state index in [0.29, 0.717) is 11.8 Å². The van der Waals surface area contributed by atoms with Crippen LogP contribution in [0.15, 0.2) is 24.3 Å². The van der Waals surface area contributed by atoms with Crippen molar-refractivity contribution in [1.82, 2.24) is 4.90 Å². The molecule has 1 unspecified atom stereocenters. The number of fused-ring (bicyclic) bond motifs is 1. The van der Waals surface area contributed by atoms with Crippen LogP contribution in [0.3, 0.4) is 0 Å². The summed E-state index contributed by atoms with van der Waals surface area (Å²) in [4.78, 5) is 2.51. The van der Waals surface area contributed by atoms with E-state index in [0.717, 1.165) is 38.6 Å². The summed E-state index contributed by atoms with van der Waals surface area (Å²) in [6, 6.07) is 4.23. The molecule has 0 aromatic heterocycles. The van der Waals surface area contributed by atoms with Gasteiger partial charge in [-0.3, -0.25) is 0 Å². The minimum absolute atomic E-state index is 0. The first-order valence-electron chi connectivity index (χ1n) is 11.5. The average molecular weight is 448 g/mol. The number of nitrogens with zero attached hydrogens (tertiary/aromatic N) is 1. The number of likely N-dealkylation sites (tertiary alicyclic amines) is 1. The van der Waals surface area contributed by atoms with Crippen molar-refractivity contribution in [3.8, 4) is 11.5 Å². The van der Waals surface area contributed by atoms with Gasteiger partial charge in [0, 0.05) is 30.0 Å². The van der Waals surface area contributed by atoms with E-state index in [-0.39, 0.29) is 41.0 Å². The highest BCUT2D eigenvalue weighted by molar-refractivity contribution is 5.85. The molecule has 0 radical (unpaired) electrons. The van der Waals surface area contributed by atoms with Crippen molar-refractivity contribution in [2.45, 2.75) is 74.7 Å². The Hall–Kier alpha value is -1.27.